The van der Waals surface area contributed by atoms with Gasteiger partial charge in [-0.1, -0.05) is 0 Å². The molecule has 3 nitrogen and oxygen atoms in total. The molecule has 0 atom stereocenters. The van der Waals surface area contributed by atoms with Crippen LogP contribution in [0, 0.1) is 5.82 Å². The fourth-order valence-electron chi connectivity index (χ4n) is 2.02. The van der Waals surface area contributed by atoms with Crippen LogP contribution in [-0.4, -0.2) is 14.3 Å². The molecule has 0 aliphatic rings. The Balaban J connectivity index is 2.03. The van der Waals surface area contributed by atoms with E-state index in [2.05, 4.69) is 5.10 Å². The molecule has 0 aliphatic heterocycles. The van der Waals surface area contributed by atoms with Crippen molar-refractivity contribution in [2.75, 3.05) is 0 Å². The third-order valence-electron chi connectivity index (χ3n) is 2.84. The smallest absolute Gasteiger partial charge is 0.125 e. The zero-order valence-electron chi connectivity index (χ0n) is 9.47. The highest BCUT2D eigenvalue weighted by Crippen LogP contribution is 2.18. The van der Waals surface area contributed by atoms with Gasteiger partial charge in [-0.3, -0.25) is 4.68 Å². The molecule has 2 heterocycles. The summed E-state index contributed by atoms with van der Waals surface area (Å²) in [6.07, 6.45) is 3.86. The van der Waals surface area contributed by atoms with Crippen LogP contribution in [0.5, 0.6) is 0 Å². The Kier molecular flexibility index (Phi) is 2.21. The van der Waals surface area contributed by atoms with E-state index in [1.165, 1.54) is 6.07 Å². The maximum atomic E-state index is 13.2. The number of fused-ring (bicyclic) bond motifs is 1. The largest absolute Gasteiger partial charge is 0.341 e. The third kappa shape index (κ3) is 1.82. The van der Waals surface area contributed by atoms with Crippen molar-refractivity contribution in [3.05, 3.63) is 54.2 Å². The molecule has 0 saturated carbocycles. The molecule has 2 aromatic heterocycles. The third-order valence-corrected chi connectivity index (χ3v) is 2.84. The van der Waals surface area contributed by atoms with Gasteiger partial charge in [0.25, 0.3) is 0 Å². The molecule has 0 radical (unpaired) electrons. The van der Waals surface area contributed by atoms with Crippen LogP contribution < -0.4 is 0 Å². The number of benzene rings is 1. The van der Waals surface area contributed by atoms with Crippen LogP contribution >= 0.6 is 0 Å². The van der Waals surface area contributed by atoms with Crippen molar-refractivity contribution < 1.29 is 4.39 Å². The van der Waals surface area contributed by atoms with Crippen molar-refractivity contribution in [3.8, 4) is 0 Å². The standard InChI is InChI=1S/C13H12FN3/c1-16-6-5-12(15-16)9-17-7-4-10-2-3-11(14)8-13(10)17/h2-8H,9H2,1H3. The maximum absolute atomic E-state index is 13.2. The molecule has 0 amide bonds. The Morgan fingerprint density at radius 3 is 2.82 bits per heavy atom. The van der Waals surface area contributed by atoms with E-state index in [1.807, 2.05) is 36.1 Å². The van der Waals surface area contributed by atoms with Crippen molar-refractivity contribution in [1.82, 2.24) is 14.3 Å². The summed E-state index contributed by atoms with van der Waals surface area (Å²) in [5.41, 5.74) is 1.87. The Hall–Kier alpha value is -2.10. The highest BCUT2D eigenvalue weighted by molar-refractivity contribution is 5.80. The van der Waals surface area contributed by atoms with Gasteiger partial charge >= 0.3 is 0 Å². The van der Waals surface area contributed by atoms with Crippen molar-refractivity contribution >= 4 is 10.9 Å². The van der Waals surface area contributed by atoms with E-state index in [0.29, 0.717) is 6.54 Å². The van der Waals surface area contributed by atoms with Crippen LogP contribution in [0.15, 0.2) is 42.7 Å². The van der Waals surface area contributed by atoms with Crippen LogP contribution in [-0.2, 0) is 13.6 Å². The van der Waals surface area contributed by atoms with E-state index >= 15 is 0 Å². The van der Waals surface area contributed by atoms with Crippen molar-refractivity contribution in [2.45, 2.75) is 6.54 Å². The van der Waals surface area contributed by atoms with Crippen LogP contribution in [0.3, 0.4) is 0 Å². The molecular weight excluding hydrogens is 217 g/mol. The zero-order chi connectivity index (χ0) is 11.8. The molecular formula is C13H12FN3. The topological polar surface area (TPSA) is 22.8 Å². The molecule has 0 unspecified atom stereocenters. The van der Waals surface area contributed by atoms with Gasteiger partial charge in [0.1, 0.15) is 5.82 Å². The lowest BCUT2D eigenvalue weighted by Gasteiger charge is -2.02. The molecule has 3 aromatic rings. The van der Waals surface area contributed by atoms with Gasteiger partial charge in [-0.25, -0.2) is 4.39 Å². The molecule has 0 bridgehead atoms. The fraction of sp³-hybridized carbons (Fsp3) is 0.154. The number of nitrogens with zero attached hydrogens (tertiary/aromatic N) is 3. The minimum Gasteiger partial charge on any atom is -0.341 e. The van der Waals surface area contributed by atoms with E-state index < -0.39 is 0 Å². The molecule has 0 spiro atoms. The number of rotatable bonds is 2. The summed E-state index contributed by atoms with van der Waals surface area (Å²) < 4.78 is 17.0. The predicted molar refractivity (Wildman–Crippen MR) is 64.2 cm³/mol. The Morgan fingerprint density at radius 2 is 2.06 bits per heavy atom. The summed E-state index contributed by atoms with van der Waals surface area (Å²) in [4.78, 5) is 0. The van der Waals surface area contributed by atoms with Gasteiger partial charge in [-0.2, -0.15) is 5.10 Å². The Bertz CT molecular complexity index is 666. The summed E-state index contributed by atoms with van der Waals surface area (Å²) >= 11 is 0. The Morgan fingerprint density at radius 1 is 1.18 bits per heavy atom. The molecule has 0 aliphatic carbocycles. The van der Waals surface area contributed by atoms with Gasteiger partial charge in [0.2, 0.25) is 0 Å². The first-order valence-electron chi connectivity index (χ1n) is 5.45. The molecule has 0 N–H and O–H groups in total. The monoisotopic (exact) mass is 229 g/mol. The molecule has 0 fully saturated rings. The number of aromatic nitrogens is 3. The van der Waals surface area contributed by atoms with Gasteiger partial charge in [0, 0.05) is 19.4 Å². The normalized spacial score (nSPS) is 11.2. The van der Waals surface area contributed by atoms with Crippen LogP contribution in [0.1, 0.15) is 5.69 Å². The average Bonchev–Trinajstić information content (AvgIpc) is 2.87. The van der Waals surface area contributed by atoms with Gasteiger partial charge < -0.3 is 4.57 Å². The van der Waals surface area contributed by atoms with E-state index in [9.17, 15) is 4.39 Å². The summed E-state index contributed by atoms with van der Waals surface area (Å²) in [6, 6.07) is 8.77. The number of hydrogen-bond acceptors (Lipinski definition) is 1. The lowest BCUT2D eigenvalue weighted by molar-refractivity contribution is 0.628. The minimum absolute atomic E-state index is 0.210. The molecule has 0 saturated heterocycles. The Labute approximate surface area is 98.1 Å². The molecule has 4 heteroatoms. The van der Waals surface area contributed by atoms with Gasteiger partial charge in [-0.15, -0.1) is 0 Å². The molecule has 1 aromatic carbocycles. The number of aryl methyl sites for hydroxylation is 1. The zero-order valence-corrected chi connectivity index (χ0v) is 9.47. The van der Waals surface area contributed by atoms with Gasteiger partial charge in [0.05, 0.1) is 17.8 Å². The molecule has 17 heavy (non-hydrogen) atoms. The first kappa shape index (κ1) is 10.1. The average molecular weight is 229 g/mol. The summed E-state index contributed by atoms with van der Waals surface area (Å²) in [7, 11) is 1.89. The second-order valence-electron chi connectivity index (χ2n) is 4.13. The van der Waals surface area contributed by atoms with E-state index in [0.717, 1.165) is 16.6 Å². The SMILES string of the molecule is Cn1ccc(Cn2ccc3ccc(F)cc32)n1. The second kappa shape index (κ2) is 3.73. The first-order valence-corrected chi connectivity index (χ1v) is 5.45. The predicted octanol–water partition coefficient (Wildman–Crippen LogP) is 2.56. The first-order chi connectivity index (χ1) is 8.22. The number of halogens is 1. The van der Waals surface area contributed by atoms with Gasteiger partial charge in [-0.05, 0) is 35.7 Å². The maximum Gasteiger partial charge on any atom is 0.125 e. The minimum atomic E-state index is -0.210. The van der Waals surface area contributed by atoms with Crippen molar-refractivity contribution in [3.63, 3.8) is 0 Å². The number of hydrogen-bond donors (Lipinski definition) is 0. The summed E-state index contributed by atoms with van der Waals surface area (Å²) in [5, 5.41) is 5.36. The lowest BCUT2D eigenvalue weighted by atomic mass is 10.2. The highest BCUT2D eigenvalue weighted by Gasteiger charge is 2.04. The van der Waals surface area contributed by atoms with E-state index in [1.54, 1.807) is 16.8 Å². The summed E-state index contributed by atoms with van der Waals surface area (Å²) in [6.45, 7) is 0.661. The molecule has 86 valence electrons. The van der Waals surface area contributed by atoms with Crippen LogP contribution in [0.4, 0.5) is 4.39 Å². The van der Waals surface area contributed by atoms with E-state index in [4.69, 9.17) is 0 Å². The summed E-state index contributed by atoms with van der Waals surface area (Å²) in [5.74, 6) is -0.210. The van der Waals surface area contributed by atoms with Crippen LogP contribution in [0.25, 0.3) is 10.9 Å². The van der Waals surface area contributed by atoms with Gasteiger partial charge in [0.15, 0.2) is 0 Å². The second-order valence-corrected chi connectivity index (χ2v) is 4.13. The van der Waals surface area contributed by atoms with E-state index in [-0.39, 0.29) is 5.82 Å². The lowest BCUT2D eigenvalue weighted by Crippen LogP contribution is -2.00. The molecule has 3 rings (SSSR count). The van der Waals surface area contributed by atoms with Crippen LogP contribution in [0.2, 0.25) is 0 Å². The quantitative estimate of drug-likeness (QED) is 0.662. The van der Waals surface area contributed by atoms with Crippen molar-refractivity contribution in [1.29, 1.82) is 0 Å². The fourth-order valence-corrected chi connectivity index (χ4v) is 2.02. The van der Waals surface area contributed by atoms with Crippen molar-refractivity contribution in [2.24, 2.45) is 7.05 Å². The highest BCUT2D eigenvalue weighted by atomic mass is 19.1.